The average molecular weight is 376 g/mol. The number of ether oxygens (including phenoxy) is 1. The highest BCUT2D eigenvalue weighted by atomic mass is 16.5. The highest BCUT2D eigenvalue weighted by molar-refractivity contribution is 6.00. The van der Waals surface area contributed by atoms with Gasteiger partial charge in [0.1, 0.15) is 5.82 Å². The van der Waals surface area contributed by atoms with Gasteiger partial charge >= 0.3 is 5.97 Å². The number of carbonyl (C=O) groups excluding carboxylic acids is 2. The number of ketones is 1. The standard InChI is InChI=1S/C22H20N2O4/c1-2-14-5-7-15(8-6-14)19(25)13-28-22(27)16-9-10-17-18(12-16)23-20-4-3-11-24(20)21(17)26/h5-10,12H,2-4,11,13H2,1H3. The number of Topliss-reactive ketones (excluding diaryl/α,β-unsaturated/α-hetero) is 1. The van der Waals surface area contributed by atoms with E-state index < -0.39 is 5.97 Å². The molecule has 6 heteroatoms. The molecule has 0 saturated carbocycles. The molecule has 0 fully saturated rings. The van der Waals surface area contributed by atoms with Crippen LogP contribution in [-0.2, 0) is 24.1 Å². The van der Waals surface area contributed by atoms with Crippen molar-refractivity contribution in [1.29, 1.82) is 0 Å². The predicted molar refractivity (Wildman–Crippen MR) is 105 cm³/mol. The largest absolute Gasteiger partial charge is 0.454 e. The number of esters is 1. The second kappa shape index (κ2) is 7.38. The predicted octanol–water partition coefficient (Wildman–Crippen LogP) is 2.94. The summed E-state index contributed by atoms with van der Waals surface area (Å²) in [5, 5.41) is 0.481. The monoisotopic (exact) mass is 376 g/mol. The van der Waals surface area contributed by atoms with Crippen molar-refractivity contribution in [2.24, 2.45) is 0 Å². The lowest BCUT2D eigenvalue weighted by atomic mass is 10.1. The van der Waals surface area contributed by atoms with E-state index >= 15 is 0 Å². The number of aromatic nitrogens is 2. The van der Waals surface area contributed by atoms with Gasteiger partial charge < -0.3 is 4.74 Å². The topological polar surface area (TPSA) is 78.3 Å². The third kappa shape index (κ3) is 3.33. The van der Waals surface area contributed by atoms with Crippen molar-refractivity contribution in [2.45, 2.75) is 32.7 Å². The zero-order chi connectivity index (χ0) is 19.7. The summed E-state index contributed by atoms with van der Waals surface area (Å²) in [7, 11) is 0. The molecule has 0 radical (unpaired) electrons. The summed E-state index contributed by atoms with van der Waals surface area (Å²) < 4.78 is 6.86. The van der Waals surface area contributed by atoms with Gasteiger partial charge in [0.15, 0.2) is 12.4 Å². The first-order valence-electron chi connectivity index (χ1n) is 9.39. The summed E-state index contributed by atoms with van der Waals surface area (Å²) in [6.45, 7) is 2.39. The molecule has 3 aromatic rings. The van der Waals surface area contributed by atoms with Gasteiger partial charge in [-0.15, -0.1) is 0 Å². The van der Waals surface area contributed by atoms with Crippen molar-refractivity contribution in [1.82, 2.24) is 9.55 Å². The number of rotatable bonds is 5. The zero-order valence-corrected chi connectivity index (χ0v) is 15.6. The van der Waals surface area contributed by atoms with Gasteiger partial charge in [-0.1, -0.05) is 31.2 Å². The van der Waals surface area contributed by atoms with Crippen LogP contribution < -0.4 is 5.56 Å². The molecule has 28 heavy (non-hydrogen) atoms. The molecule has 0 unspecified atom stereocenters. The van der Waals surface area contributed by atoms with Crippen molar-refractivity contribution < 1.29 is 14.3 Å². The Kier molecular flexibility index (Phi) is 4.77. The van der Waals surface area contributed by atoms with E-state index in [1.807, 2.05) is 19.1 Å². The molecule has 0 aliphatic carbocycles. The molecule has 0 spiro atoms. The van der Waals surface area contributed by atoms with Crippen molar-refractivity contribution in [2.75, 3.05) is 6.61 Å². The number of hydrogen-bond acceptors (Lipinski definition) is 5. The fourth-order valence-corrected chi connectivity index (χ4v) is 3.43. The molecule has 0 bridgehead atoms. The van der Waals surface area contributed by atoms with Gasteiger partial charge in [-0.3, -0.25) is 14.2 Å². The third-order valence-electron chi connectivity index (χ3n) is 5.07. The second-order valence-electron chi connectivity index (χ2n) is 6.87. The average Bonchev–Trinajstić information content (AvgIpc) is 3.20. The minimum atomic E-state index is -0.608. The van der Waals surface area contributed by atoms with Crippen LogP contribution in [0, 0.1) is 0 Å². The van der Waals surface area contributed by atoms with E-state index in [1.54, 1.807) is 28.8 Å². The Hall–Kier alpha value is -3.28. The molecule has 0 atom stereocenters. The Morgan fingerprint density at radius 1 is 1.11 bits per heavy atom. The van der Waals surface area contributed by atoms with Gasteiger partial charge in [-0.25, -0.2) is 9.78 Å². The van der Waals surface area contributed by atoms with E-state index in [0.29, 0.717) is 23.0 Å². The molecule has 0 N–H and O–H groups in total. The molecular weight excluding hydrogens is 356 g/mol. The van der Waals surface area contributed by atoms with Crippen LogP contribution in [0.3, 0.4) is 0 Å². The van der Waals surface area contributed by atoms with E-state index in [4.69, 9.17) is 4.74 Å². The molecule has 1 aliphatic rings. The molecule has 4 rings (SSSR count). The SMILES string of the molecule is CCc1ccc(C(=O)COC(=O)c2ccc3c(=O)n4c(nc3c2)CCC4)cc1. The van der Waals surface area contributed by atoms with Gasteiger partial charge in [0.25, 0.3) is 5.56 Å². The van der Waals surface area contributed by atoms with Crippen LogP contribution in [0.25, 0.3) is 10.9 Å². The van der Waals surface area contributed by atoms with Gasteiger partial charge in [0, 0.05) is 18.5 Å². The zero-order valence-electron chi connectivity index (χ0n) is 15.6. The van der Waals surface area contributed by atoms with Crippen LogP contribution in [0.15, 0.2) is 47.3 Å². The third-order valence-corrected chi connectivity index (χ3v) is 5.07. The number of carbonyl (C=O) groups is 2. The summed E-state index contributed by atoms with van der Waals surface area (Å²) in [6, 6.07) is 11.9. The van der Waals surface area contributed by atoms with Crippen molar-refractivity contribution in [3.63, 3.8) is 0 Å². The minimum absolute atomic E-state index is 0.0804. The lowest BCUT2D eigenvalue weighted by molar-refractivity contribution is 0.0475. The molecule has 1 aliphatic heterocycles. The van der Waals surface area contributed by atoms with E-state index in [1.165, 1.54) is 6.07 Å². The molecule has 1 aromatic heterocycles. The minimum Gasteiger partial charge on any atom is -0.454 e. The highest BCUT2D eigenvalue weighted by Crippen LogP contribution is 2.17. The van der Waals surface area contributed by atoms with E-state index in [0.717, 1.165) is 30.7 Å². The Morgan fingerprint density at radius 2 is 1.86 bits per heavy atom. The molecule has 6 nitrogen and oxygen atoms in total. The summed E-state index contributed by atoms with van der Waals surface area (Å²) in [5.41, 5.74) is 2.32. The number of fused-ring (bicyclic) bond motifs is 2. The summed E-state index contributed by atoms with van der Waals surface area (Å²) in [6.07, 6.45) is 2.55. The Balaban J connectivity index is 1.50. The quantitative estimate of drug-likeness (QED) is 0.505. The van der Waals surface area contributed by atoms with Crippen molar-refractivity contribution in [3.8, 4) is 0 Å². The number of nitrogens with zero attached hydrogens (tertiary/aromatic N) is 2. The normalized spacial score (nSPS) is 12.8. The van der Waals surface area contributed by atoms with Crippen LogP contribution >= 0.6 is 0 Å². The van der Waals surface area contributed by atoms with E-state index in [9.17, 15) is 14.4 Å². The Labute approximate surface area is 161 Å². The maximum absolute atomic E-state index is 12.5. The van der Waals surface area contributed by atoms with Crippen LogP contribution in [0.4, 0.5) is 0 Å². The van der Waals surface area contributed by atoms with Crippen LogP contribution in [0.1, 0.15) is 45.4 Å². The molecule has 2 aromatic carbocycles. The van der Waals surface area contributed by atoms with Crippen LogP contribution in [0.2, 0.25) is 0 Å². The fourth-order valence-electron chi connectivity index (χ4n) is 3.43. The first-order chi connectivity index (χ1) is 13.6. The van der Waals surface area contributed by atoms with Gasteiger partial charge in [0.2, 0.25) is 0 Å². The molecule has 2 heterocycles. The Morgan fingerprint density at radius 3 is 2.61 bits per heavy atom. The maximum Gasteiger partial charge on any atom is 0.338 e. The highest BCUT2D eigenvalue weighted by Gasteiger charge is 2.18. The van der Waals surface area contributed by atoms with E-state index in [2.05, 4.69) is 4.98 Å². The molecule has 0 amide bonds. The fraction of sp³-hybridized carbons (Fsp3) is 0.273. The summed E-state index contributed by atoms with van der Waals surface area (Å²) in [4.78, 5) is 41.6. The number of benzene rings is 2. The lowest BCUT2D eigenvalue weighted by Crippen LogP contribution is -2.21. The number of aryl methyl sites for hydroxylation is 2. The van der Waals surface area contributed by atoms with Crippen LogP contribution in [-0.4, -0.2) is 27.9 Å². The van der Waals surface area contributed by atoms with Gasteiger partial charge in [-0.2, -0.15) is 0 Å². The van der Waals surface area contributed by atoms with Crippen LogP contribution in [0.5, 0.6) is 0 Å². The first-order valence-corrected chi connectivity index (χ1v) is 9.39. The smallest absolute Gasteiger partial charge is 0.338 e. The molecule has 0 saturated heterocycles. The van der Waals surface area contributed by atoms with Crippen molar-refractivity contribution >= 4 is 22.7 Å². The van der Waals surface area contributed by atoms with E-state index in [-0.39, 0.29) is 23.5 Å². The second-order valence-corrected chi connectivity index (χ2v) is 6.87. The molecular formula is C22H20N2O4. The Bertz CT molecular complexity index is 1130. The summed E-state index contributed by atoms with van der Waals surface area (Å²) in [5.74, 6) is -0.123. The first kappa shape index (κ1) is 18.1. The number of hydrogen-bond donors (Lipinski definition) is 0. The maximum atomic E-state index is 12.5. The summed E-state index contributed by atoms with van der Waals surface area (Å²) >= 11 is 0. The van der Waals surface area contributed by atoms with Gasteiger partial charge in [0.05, 0.1) is 16.5 Å². The lowest BCUT2D eigenvalue weighted by Gasteiger charge is -2.08. The van der Waals surface area contributed by atoms with Gasteiger partial charge in [-0.05, 0) is 36.6 Å². The van der Waals surface area contributed by atoms with Crippen molar-refractivity contribution in [3.05, 3.63) is 75.3 Å². The molecule has 142 valence electrons.